The summed E-state index contributed by atoms with van der Waals surface area (Å²) in [4.78, 5) is 23.6. The van der Waals surface area contributed by atoms with E-state index in [0.29, 0.717) is 57.3 Å². The molecular weight excluding hydrogens is 464 g/mol. The first-order chi connectivity index (χ1) is 17.0. The Kier molecular flexibility index (Phi) is 6.80. The molecule has 1 amide bonds. The smallest absolute Gasteiger partial charge is 0.243 e. The van der Waals surface area contributed by atoms with Crippen molar-refractivity contribution in [1.82, 2.24) is 19.2 Å². The number of imidazole rings is 1. The van der Waals surface area contributed by atoms with Crippen molar-refractivity contribution in [3.8, 4) is 5.75 Å². The molecule has 1 N–H and O–H groups in total. The van der Waals surface area contributed by atoms with Gasteiger partial charge in [0.2, 0.25) is 15.9 Å². The van der Waals surface area contributed by atoms with E-state index in [9.17, 15) is 13.2 Å². The third-order valence-corrected chi connectivity index (χ3v) is 9.09. The van der Waals surface area contributed by atoms with Crippen LogP contribution in [0.4, 0.5) is 0 Å². The van der Waals surface area contributed by atoms with Crippen LogP contribution < -0.4 is 4.74 Å². The lowest BCUT2D eigenvalue weighted by molar-refractivity contribution is -0.137. The Labute approximate surface area is 206 Å². The lowest BCUT2D eigenvalue weighted by atomic mass is 9.92. The van der Waals surface area contributed by atoms with E-state index in [-0.39, 0.29) is 16.7 Å². The summed E-state index contributed by atoms with van der Waals surface area (Å²) in [5.41, 5.74) is 2.03. The number of likely N-dealkylation sites (tertiary alicyclic amines) is 1. The van der Waals surface area contributed by atoms with Crippen molar-refractivity contribution in [1.29, 1.82) is 0 Å². The molecule has 0 unspecified atom stereocenters. The lowest BCUT2D eigenvalue weighted by Gasteiger charge is -2.36. The van der Waals surface area contributed by atoms with Crippen LogP contribution in [0.3, 0.4) is 0 Å². The Bertz CT molecular complexity index is 1240. The SMILES string of the molecule is CCOc1ccc(S(=O)(=O)N2CCC(C(=O)N3CCC(c4nc5ccccc5[nH]4)CC3)CC2)cc1. The highest BCUT2D eigenvalue weighted by Crippen LogP contribution is 2.31. The summed E-state index contributed by atoms with van der Waals surface area (Å²) in [5.74, 6) is 2.02. The number of ether oxygens (including phenoxy) is 1. The monoisotopic (exact) mass is 496 g/mol. The maximum atomic E-state index is 13.2. The zero-order valence-corrected chi connectivity index (χ0v) is 20.8. The predicted molar refractivity (Wildman–Crippen MR) is 134 cm³/mol. The Balaban J connectivity index is 1.14. The second-order valence-corrected chi connectivity index (χ2v) is 11.3. The molecule has 2 fully saturated rings. The van der Waals surface area contributed by atoms with Gasteiger partial charge in [-0.15, -0.1) is 0 Å². The summed E-state index contributed by atoms with van der Waals surface area (Å²) >= 11 is 0. The predicted octanol–water partition coefficient (Wildman–Crippen LogP) is 3.77. The van der Waals surface area contributed by atoms with Crippen LogP contribution in [0, 0.1) is 5.92 Å². The molecule has 186 valence electrons. The molecule has 35 heavy (non-hydrogen) atoms. The number of sulfonamides is 1. The van der Waals surface area contributed by atoms with Crippen LogP contribution in [0.2, 0.25) is 0 Å². The van der Waals surface area contributed by atoms with E-state index in [2.05, 4.69) is 4.98 Å². The van der Waals surface area contributed by atoms with E-state index >= 15 is 0 Å². The number of H-pyrrole nitrogens is 1. The minimum Gasteiger partial charge on any atom is -0.494 e. The van der Waals surface area contributed by atoms with Crippen molar-refractivity contribution >= 4 is 27.0 Å². The number of aromatic nitrogens is 2. The third-order valence-electron chi connectivity index (χ3n) is 7.18. The quantitative estimate of drug-likeness (QED) is 0.561. The standard InChI is InChI=1S/C26H32N4O4S/c1-2-34-21-7-9-22(10-8-21)35(32,33)30-17-13-20(14-18-30)26(31)29-15-11-19(12-16-29)25-27-23-5-3-4-6-24(23)28-25/h3-10,19-20H,2,11-18H2,1H3,(H,27,28). The van der Waals surface area contributed by atoms with Crippen molar-refractivity contribution in [3.63, 3.8) is 0 Å². The van der Waals surface area contributed by atoms with Gasteiger partial charge in [0.25, 0.3) is 0 Å². The molecule has 0 radical (unpaired) electrons. The number of hydrogen-bond acceptors (Lipinski definition) is 5. The van der Waals surface area contributed by atoms with Crippen LogP contribution in [0.1, 0.15) is 44.3 Å². The summed E-state index contributed by atoms with van der Waals surface area (Å²) in [6.45, 7) is 4.57. The third kappa shape index (κ3) is 4.92. The van der Waals surface area contributed by atoms with Gasteiger partial charge in [0.15, 0.2) is 0 Å². The van der Waals surface area contributed by atoms with Gasteiger partial charge < -0.3 is 14.6 Å². The minimum atomic E-state index is -3.57. The minimum absolute atomic E-state index is 0.121. The number of carbonyl (C=O) groups excluding carboxylic acids is 1. The fraction of sp³-hybridized carbons (Fsp3) is 0.462. The number of nitrogens with one attached hydrogen (secondary N) is 1. The molecule has 0 aliphatic carbocycles. The second-order valence-electron chi connectivity index (χ2n) is 9.32. The van der Waals surface area contributed by atoms with E-state index in [4.69, 9.17) is 9.72 Å². The van der Waals surface area contributed by atoms with Crippen LogP contribution in [0.5, 0.6) is 5.75 Å². The van der Waals surface area contributed by atoms with Gasteiger partial charge in [0.1, 0.15) is 11.6 Å². The van der Waals surface area contributed by atoms with Gasteiger partial charge in [0.05, 0.1) is 22.5 Å². The first-order valence-electron chi connectivity index (χ1n) is 12.4. The van der Waals surface area contributed by atoms with Gasteiger partial charge >= 0.3 is 0 Å². The number of fused-ring (bicyclic) bond motifs is 1. The Morgan fingerprint density at radius 1 is 1.00 bits per heavy atom. The molecule has 3 aromatic rings. The van der Waals surface area contributed by atoms with Crippen LogP contribution in [0.15, 0.2) is 53.4 Å². The molecule has 2 aliphatic heterocycles. The van der Waals surface area contributed by atoms with Gasteiger partial charge in [0, 0.05) is 38.0 Å². The van der Waals surface area contributed by atoms with Crippen molar-refractivity contribution < 1.29 is 17.9 Å². The highest BCUT2D eigenvalue weighted by atomic mass is 32.2. The Hall–Kier alpha value is -2.91. The molecule has 2 aromatic carbocycles. The molecule has 0 spiro atoms. The first kappa shape index (κ1) is 23.8. The largest absolute Gasteiger partial charge is 0.494 e. The molecule has 0 atom stereocenters. The highest BCUT2D eigenvalue weighted by Gasteiger charge is 2.35. The number of nitrogens with zero attached hydrogens (tertiary/aromatic N) is 3. The number of amides is 1. The number of benzene rings is 2. The van der Waals surface area contributed by atoms with E-state index in [0.717, 1.165) is 29.7 Å². The Morgan fingerprint density at radius 3 is 2.34 bits per heavy atom. The van der Waals surface area contributed by atoms with Crippen molar-refractivity contribution in [2.45, 2.75) is 43.4 Å². The average Bonchev–Trinajstić information content (AvgIpc) is 3.33. The molecule has 8 nitrogen and oxygen atoms in total. The molecule has 2 saturated heterocycles. The number of carbonyl (C=O) groups is 1. The Morgan fingerprint density at radius 2 is 1.69 bits per heavy atom. The van der Waals surface area contributed by atoms with Crippen LogP contribution in [-0.4, -0.2) is 66.3 Å². The zero-order valence-electron chi connectivity index (χ0n) is 20.0. The van der Waals surface area contributed by atoms with Crippen molar-refractivity contribution in [2.75, 3.05) is 32.8 Å². The number of aromatic amines is 1. The number of piperidine rings is 2. The molecule has 1 aromatic heterocycles. The molecular formula is C26H32N4O4S. The first-order valence-corrected chi connectivity index (χ1v) is 13.9. The number of rotatable bonds is 6. The molecule has 3 heterocycles. The van der Waals surface area contributed by atoms with E-state index in [1.165, 1.54) is 4.31 Å². The average molecular weight is 497 g/mol. The van der Waals surface area contributed by atoms with Crippen LogP contribution in [-0.2, 0) is 14.8 Å². The number of para-hydroxylation sites is 2. The van der Waals surface area contributed by atoms with Gasteiger partial charge in [-0.05, 0) is 69.0 Å². The summed E-state index contributed by atoms with van der Waals surface area (Å²) in [5, 5.41) is 0. The fourth-order valence-electron chi connectivity index (χ4n) is 5.16. The molecule has 9 heteroatoms. The summed E-state index contributed by atoms with van der Waals surface area (Å²) in [6, 6.07) is 14.6. The molecule has 0 bridgehead atoms. The lowest BCUT2D eigenvalue weighted by Crippen LogP contribution is -2.46. The van der Waals surface area contributed by atoms with E-state index < -0.39 is 10.0 Å². The zero-order chi connectivity index (χ0) is 24.4. The van der Waals surface area contributed by atoms with Crippen molar-refractivity contribution in [3.05, 3.63) is 54.4 Å². The summed E-state index contributed by atoms with van der Waals surface area (Å²) in [7, 11) is -3.57. The summed E-state index contributed by atoms with van der Waals surface area (Å²) < 4.78 is 33.0. The van der Waals surface area contributed by atoms with Gasteiger partial charge in [-0.3, -0.25) is 4.79 Å². The topological polar surface area (TPSA) is 95.6 Å². The van der Waals surface area contributed by atoms with Gasteiger partial charge in [-0.25, -0.2) is 13.4 Å². The van der Waals surface area contributed by atoms with Crippen LogP contribution >= 0.6 is 0 Å². The van der Waals surface area contributed by atoms with Gasteiger partial charge in [-0.2, -0.15) is 4.31 Å². The molecule has 5 rings (SSSR count). The van der Waals surface area contributed by atoms with E-state index in [1.807, 2.05) is 36.1 Å². The van der Waals surface area contributed by atoms with Crippen LogP contribution in [0.25, 0.3) is 11.0 Å². The van der Waals surface area contributed by atoms with Crippen molar-refractivity contribution in [2.24, 2.45) is 5.92 Å². The molecule has 0 saturated carbocycles. The molecule has 2 aliphatic rings. The van der Waals surface area contributed by atoms with E-state index in [1.54, 1.807) is 24.3 Å². The summed E-state index contributed by atoms with van der Waals surface area (Å²) in [6.07, 6.45) is 2.88. The number of hydrogen-bond donors (Lipinski definition) is 1. The second kappa shape index (κ2) is 9.99. The van der Waals surface area contributed by atoms with Gasteiger partial charge in [-0.1, -0.05) is 12.1 Å². The fourth-order valence-corrected chi connectivity index (χ4v) is 6.63. The maximum absolute atomic E-state index is 13.2. The normalized spacial score (nSPS) is 18.7. The highest BCUT2D eigenvalue weighted by molar-refractivity contribution is 7.89. The maximum Gasteiger partial charge on any atom is 0.243 e.